The van der Waals surface area contributed by atoms with Crippen LogP contribution < -0.4 is 5.73 Å². The molecule has 0 amide bonds. The van der Waals surface area contributed by atoms with E-state index in [1.807, 2.05) is 0 Å². The molecule has 1 aliphatic carbocycles. The third-order valence-electron chi connectivity index (χ3n) is 3.07. The molecule has 1 atom stereocenters. The highest BCUT2D eigenvalue weighted by atomic mass is 16.5. The van der Waals surface area contributed by atoms with Crippen LogP contribution in [0.4, 0.5) is 0 Å². The lowest BCUT2D eigenvalue weighted by Crippen LogP contribution is -2.50. The molecule has 0 spiro atoms. The minimum Gasteiger partial charge on any atom is -0.394 e. The van der Waals surface area contributed by atoms with Crippen LogP contribution in [0.2, 0.25) is 0 Å². The van der Waals surface area contributed by atoms with Crippen molar-refractivity contribution in [2.45, 2.75) is 38.1 Å². The number of hydrogen-bond acceptors (Lipinski definition) is 4. The minimum absolute atomic E-state index is 0.00829. The first-order valence-corrected chi connectivity index (χ1v) is 6.28. The predicted octanol–water partition coefficient (Wildman–Crippen LogP) is 0.919. The van der Waals surface area contributed by atoms with Crippen LogP contribution >= 0.6 is 0 Å². The van der Waals surface area contributed by atoms with E-state index in [0.717, 1.165) is 32.3 Å². The molecule has 3 N–H and O–H groups in total. The molecule has 16 heavy (non-hydrogen) atoms. The summed E-state index contributed by atoms with van der Waals surface area (Å²) in [5.74, 6) is 0.443. The van der Waals surface area contributed by atoms with Crippen LogP contribution in [-0.4, -0.2) is 43.7 Å². The number of hydrogen-bond donors (Lipinski definition) is 2. The van der Waals surface area contributed by atoms with Crippen LogP contribution in [0.5, 0.6) is 0 Å². The summed E-state index contributed by atoms with van der Waals surface area (Å²) >= 11 is 0. The molecule has 1 rings (SSSR count). The van der Waals surface area contributed by atoms with Crippen molar-refractivity contribution in [3.63, 3.8) is 0 Å². The lowest BCUT2D eigenvalue weighted by molar-refractivity contribution is 0.00795. The van der Waals surface area contributed by atoms with Crippen molar-refractivity contribution >= 4 is 0 Å². The molecule has 96 valence electrons. The van der Waals surface area contributed by atoms with E-state index in [0.29, 0.717) is 25.7 Å². The van der Waals surface area contributed by atoms with Crippen LogP contribution in [0.1, 0.15) is 32.6 Å². The molecule has 0 bridgehead atoms. The van der Waals surface area contributed by atoms with Gasteiger partial charge in [-0.1, -0.05) is 13.3 Å². The summed E-state index contributed by atoms with van der Waals surface area (Å²) < 4.78 is 10.8. The Morgan fingerprint density at radius 2 is 1.94 bits per heavy atom. The summed E-state index contributed by atoms with van der Waals surface area (Å²) in [4.78, 5) is 0. The van der Waals surface area contributed by atoms with Gasteiger partial charge in [0.25, 0.3) is 0 Å². The van der Waals surface area contributed by atoms with Crippen molar-refractivity contribution in [1.82, 2.24) is 0 Å². The second kappa shape index (κ2) is 7.22. The second-order valence-electron chi connectivity index (χ2n) is 4.68. The Kier molecular flexibility index (Phi) is 6.28. The van der Waals surface area contributed by atoms with Gasteiger partial charge in [-0.2, -0.15) is 0 Å². The predicted molar refractivity (Wildman–Crippen MR) is 63.3 cm³/mol. The Bertz CT molecular complexity index is 185. The van der Waals surface area contributed by atoms with E-state index in [1.165, 1.54) is 0 Å². The molecule has 4 heteroatoms. The summed E-state index contributed by atoms with van der Waals surface area (Å²) in [5, 5.41) is 9.23. The maximum atomic E-state index is 9.23. The highest BCUT2D eigenvalue weighted by Crippen LogP contribution is 2.38. The summed E-state index contributed by atoms with van der Waals surface area (Å²) in [6, 6.07) is 0. The molecule has 0 aromatic carbocycles. The second-order valence-corrected chi connectivity index (χ2v) is 4.68. The number of unbranched alkanes of at least 4 members (excludes halogenated alkanes) is 1. The van der Waals surface area contributed by atoms with Crippen LogP contribution in [0.3, 0.4) is 0 Å². The Labute approximate surface area is 98.1 Å². The molecule has 0 aliphatic heterocycles. The lowest BCUT2D eigenvalue weighted by Gasteiger charge is -2.26. The van der Waals surface area contributed by atoms with Gasteiger partial charge in [-0.3, -0.25) is 0 Å². The van der Waals surface area contributed by atoms with Crippen molar-refractivity contribution in [1.29, 1.82) is 0 Å². The highest BCUT2D eigenvalue weighted by molar-refractivity contribution is 4.98. The topological polar surface area (TPSA) is 64.7 Å². The van der Waals surface area contributed by atoms with Crippen molar-refractivity contribution in [3.05, 3.63) is 0 Å². The molecule has 0 aromatic heterocycles. The average molecular weight is 231 g/mol. The van der Waals surface area contributed by atoms with E-state index < -0.39 is 5.54 Å². The molecular weight excluding hydrogens is 206 g/mol. The van der Waals surface area contributed by atoms with E-state index in [9.17, 15) is 5.11 Å². The van der Waals surface area contributed by atoms with E-state index >= 15 is 0 Å². The Balaban J connectivity index is 1.97. The standard InChI is InChI=1S/C12H25NO3/c1-2-3-6-15-7-8-16-10-12(13,9-14)11-4-5-11/h11,14H,2-10,13H2,1H3. The zero-order chi connectivity index (χ0) is 11.9. The highest BCUT2D eigenvalue weighted by Gasteiger charge is 2.41. The number of aliphatic hydroxyl groups is 1. The summed E-state index contributed by atoms with van der Waals surface area (Å²) in [6.07, 6.45) is 4.49. The van der Waals surface area contributed by atoms with E-state index in [2.05, 4.69) is 6.92 Å². The fourth-order valence-corrected chi connectivity index (χ4v) is 1.68. The lowest BCUT2D eigenvalue weighted by atomic mass is 9.97. The normalized spacial score (nSPS) is 19.7. The number of ether oxygens (including phenoxy) is 2. The Hall–Kier alpha value is -0.160. The third-order valence-corrected chi connectivity index (χ3v) is 3.07. The van der Waals surface area contributed by atoms with Gasteiger partial charge in [-0.05, 0) is 25.2 Å². The van der Waals surface area contributed by atoms with Gasteiger partial charge in [0.2, 0.25) is 0 Å². The van der Waals surface area contributed by atoms with Crippen LogP contribution in [0.15, 0.2) is 0 Å². The molecule has 1 fully saturated rings. The van der Waals surface area contributed by atoms with Crippen LogP contribution in [0, 0.1) is 5.92 Å². The largest absolute Gasteiger partial charge is 0.394 e. The molecule has 0 radical (unpaired) electrons. The monoisotopic (exact) mass is 231 g/mol. The maximum absolute atomic E-state index is 9.23. The van der Waals surface area contributed by atoms with Crippen molar-refractivity contribution < 1.29 is 14.6 Å². The zero-order valence-corrected chi connectivity index (χ0v) is 10.3. The smallest absolute Gasteiger partial charge is 0.0701 e. The van der Waals surface area contributed by atoms with Gasteiger partial charge in [0, 0.05) is 6.61 Å². The van der Waals surface area contributed by atoms with Crippen molar-refractivity contribution in [3.8, 4) is 0 Å². The number of rotatable bonds is 10. The van der Waals surface area contributed by atoms with E-state index in [-0.39, 0.29) is 6.61 Å². The fraction of sp³-hybridized carbons (Fsp3) is 1.00. The summed E-state index contributed by atoms with van der Waals surface area (Å²) in [7, 11) is 0. The summed E-state index contributed by atoms with van der Waals surface area (Å²) in [5.41, 5.74) is 5.52. The van der Waals surface area contributed by atoms with E-state index in [1.54, 1.807) is 0 Å². The SMILES string of the molecule is CCCCOCCOCC(N)(CO)C1CC1. The van der Waals surface area contributed by atoms with Gasteiger partial charge >= 0.3 is 0 Å². The first-order valence-electron chi connectivity index (χ1n) is 6.28. The van der Waals surface area contributed by atoms with Gasteiger partial charge < -0.3 is 20.3 Å². The minimum atomic E-state index is -0.524. The molecule has 4 nitrogen and oxygen atoms in total. The molecular formula is C12H25NO3. The molecule has 0 aromatic rings. The van der Waals surface area contributed by atoms with Gasteiger partial charge in [0.1, 0.15) is 0 Å². The van der Waals surface area contributed by atoms with Crippen LogP contribution in [-0.2, 0) is 9.47 Å². The first kappa shape index (κ1) is 13.9. The quantitative estimate of drug-likeness (QED) is 0.549. The molecule has 0 saturated heterocycles. The van der Waals surface area contributed by atoms with Gasteiger partial charge in [0.15, 0.2) is 0 Å². The van der Waals surface area contributed by atoms with Crippen LogP contribution in [0.25, 0.3) is 0 Å². The Morgan fingerprint density at radius 1 is 1.25 bits per heavy atom. The zero-order valence-electron chi connectivity index (χ0n) is 10.3. The van der Waals surface area contributed by atoms with Crippen molar-refractivity contribution in [2.75, 3.05) is 33.0 Å². The average Bonchev–Trinajstić information content (AvgIpc) is 3.12. The van der Waals surface area contributed by atoms with Gasteiger partial charge in [-0.25, -0.2) is 0 Å². The summed E-state index contributed by atoms with van der Waals surface area (Å²) in [6.45, 7) is 4.57. The molecule has 1 saturated carbocycles. The Morgan fingerprint density at radius 3 is 2.50 bits per heavy atom. The maximum Gasteiger partial charge on any atom is 0.0701 e. The fourth-order valence-electron chi connectivity index (χ4n) is 1.68. The number of aliphatic hydroxyl groups excluding tert-OH is 1. The van der Waals surface area contributed by atoms with Gasteiger partial charge in [-0.15, -0.1) is 0 Å². The van der Waals surface area contributed by atoms with E-state index in [4.69, 9.17) is 15.2 Å². The number of nitrogens with two attached hydrogens (primary N) is 1. The van der Waals surface area contributed by atoms with Gasteiger partial charge in [0.05, 0.1) is 32.0 Å². The molecule has 1 aliphatic rings. The first-order chi connectivity index (χ1) is 7.73. The molecule has 0 heterocycles. The third kappa shape index (κ3) is 4.78. The molecule has 1 unspecified atom stereocenters. The van der Waals surface area contributed by atoms with Crippen molar-refractivity contribution in [2.24, 2.45) is 11.7 Å².